The number of ether oxygens (including phenoxy) is 1. The molecule has 3 rings (SSSR count). The van der Waals surface area contributed by atoms with E-state index in [1.54, 1.807) is 6.92 Å². The van der Waals surface area contributed by atoms with Crippen molar-refractivity contribution in [2.45, 2.75) is 11.8 Å². The maximum Gasteiger partial charge on any atom is 0.269 e. The van der Waals surface area contributed by atoms with E-state index in [-0.39, 0.29) is 23.0 Å². The van der Waals surface area contributed by atoms with Gasteiger partial charge in [-0.3, -0.25) is 19.6 Å². The number of rotatable bonds is 8. The molecular weight excluding hydrogens is 416 g/mol. The number of amides is 1. The van der Waals surface area contributed by atoms with Gasteiger partial charge in [-0.2, -0.15) is 0 Å². The Morgan fingerprint density at radius 2 is 1.83 bits per heavy atom. The fourth-order valence-electron chi connectivity index (χ4n) is 2.34. The molecule has 1 amide bonds. The molecule has 30 heavy (non-hydrogen) atoms. The number of hydrogen-bond acceptors (Lipinski definition) is 8. The van der Waals surface area contributed by atoms with Gasteiger partial charge in [-0.15, -0.1) is 0 Å². The summed E-state index contributed by atoms with van der Waals surface area (Å²) in [4.78, 5) is 22.0. The summed E-state index contributed by atoms with van der Waals surface area (Å²) in [5.41, 5.74) is 0.276. The Balaban J connectivity index is 1.55. The van der Waals surface area contributed by atoms with Crippen LogP contribution in [0.25, 0.3) is 0 Å². The van der Waals surface area contributed by atoms with Crippen LogP contribution in [0, 0.1) is 17.0 Å². The highest BCUT2D eigenvalue weighted by Crippen LogP contribution is 2.19. The van der Waals surface area contributed by atoms with Gasteiger partial charge in [-0.1, -0.05) is 5.16 Å². The Morgan fingerprint density at radius 3 is 2.40 bits per heavy atom. The summed E-state index contributed by atoms with van der Waals surface area (Å²) < 4.78 is 37.0. The van der Waals surface area contributed by atoms with Gasteiger partial charge >= 0.3 is 0 Å². The van der Waals surface area contributed by atoms with Crippen LogP contribution in [-0.2, 0) is 14.8 Å². The van der Waals surface area contributed by atoms with Gasteiger partial charge in [0.1, 0.15) is 11.5 Å². The first-order valence-corrected chi connectivity index (χ1v) is 9.94. The molecule has 0 aliphatic heterocycles. The first kappa shape index (κ1) is 20.8. The second-order valence-corrected chi connectivity index (χ2v) is 7.72. The molecule has 0 bridgehead atoms. The van der Waals surface area contributed by atoms with Gasteiger partial charge in [0, 0.05) is 23.9 Å². The summed E-state index contributed by atoms with van der Waals surface area (Å²) in [6.07, 6.45) is 0. The number of aryl methyl sites for hydroxylation is 1. The predicted octanol–water partition coefficient (Wildman–Crippen LogP) is 2.71. The maximum absolute atomic E-state index is 12.3. The lowest BCUT2D eigenvalue weighted by Gasteiger charge is -2.09. The van der Waals surface area contributed by atoms with Crippen LogP contribution < -0.4 is 14.8 Å². The zero-order valence-electron chi connectivity index (χ0n) is 15.6. The van der Waals surface area contributed by atoms with Crippen molar-refractivity contribution in [3.05, 3.63) is 70.5 Å². The number of nitro benzene ring substituents is 1. The van der Waals surface area contributed by atoms with Crippen LogP contribution in [0.15, 0.2) is 64.0 Å². The third-order valence-electron chi connectivity index (χ3n) is 3.73. The molecule has 156 valence electrons. The molecule has 1 aromatic heterocycles. The van der Waals surface area contributed by atoms with Crippen LogP contribution in [0.1, 0.15) is 5.76 Å². The number of benzene rings is 2. The molecule has 0 aliphatic rings. The number of nitrogens with one attached hydrogen (secondary N) is 2. The standard InChI is InChI=1S/C18H16N4O7S/c1-12-10-17(20-29-12)21-30(26,27)16-8-2-13(3-9-16)19-18(23)11-28-15-6-4-14(5-7-15)22(24)25/h2-10H,11H2,1H3,(H,19,23)(H,20,21). The van der Waals surface area contributed by atoms with Crippen molar-refractivity contribution in [3.63, 3.8) is 0 Å². The van der Waals surface area contributed by atoms with Gasteiger partial charge < -0.3 is 14.6 Å². The predicted molar refractivity (Wildman–Crippen MR) is 106 cm³/mol. The minimum Gasteiger partial charge on any atom is -0.484 e. The van der Waals surface area contributed by atoms with Gasteiger partial charge in [-0.25, -0.2) is 8.42 Å². The van der Waals surface area contributed by atoms with Gasteiger partial charge in [0.05, 0.1) is 9.82 Å². The minimum atomic E-state index is -3.86. The minimum absolute atomic E-state index is 0.0247. The van der Waals surface area contributed by atoms with E-state index >= 15 is 0 Å². The van der Waals surface area contributed by atoms with E-state index in [1.165, 1.54) is 54.6 Å². The molecule has 2 aromatic carbocycles. The lowest BCUT2D eigenvalue weighted by Crippen LogP contribution is -2.20. The smallest absolute Gasteiger partial charge is 0.269 e. The van der Waals surface area contributed by atoms with Gasteiger partial charge in [0.2, 0.25) is 0 Å². The zero-order chi connectivity index (χ0) is 21.7. The SMILES string of the molecule is Cc1cc(NS(=O)(=O)c2ccc(NC(=O)COc3ccc([N+](=O)[O-])cc3)cc2)no1. The second-order valence-electron chi connectivity index (χ2n) is 6.04. The number of nitrogens with zero attached hydrogens (tertiary/aromatic N) is 2. The van der Waals surface area contributed by atoms with Crippen molar-refractivity contribution in [2.24, 2.45) is 0 Å². The summed E-state index contributed by atoms with van der Waals surface area (Å²) in [6.45, 7) is 1.30. The van der Waals surface area contributed by atoms with Gasteiger partial charge in [0.15, 0.2) is 12.4 Å². The maximum atomic E-state index is 12.3. The Kier molecular flexibility index (Phi) is 5.97. The van der Waals surface area contributed by atoms with Crippen LogP contribution in [0.3, 0.4) is 0 Å². The number of sulfonamides is 1. The molecule has 0 spiro atoms. The Labute approximate surface area is 170 Å². The monoisotopic (exact) mass is 432 g/mol. The van der Waals surface area contributed by atoms with Crippen molar-refractivity contribution >= 4 is 33.1 Å². The van der Waals surface area contributed by atoms with E-state index in [0.717, 1.165) is 0 Å². The van der Waals surface area contributed by atoms with Crippen molar-refractivity contribution < 1.29 is 27.4 Å². The van der Waals surface area contributed by atoms with Crippen LogP contribution >= 0.6 is 0 Å². The summed E-state index contributed by atoms with van der Waals surface area (Å²) in [6, 6.07) is 12.2. The van der Waals surface area contributed by atoms with Crippen molar-refractivity contribution in [1.82, 2.24) is 5.16 Å². The van der Waals surface area contributed by atoms with Crippen LogP contribution in [0.2, 0.25) is 0 Å². The lowest BCUT2D eigenvalue weighted by atomic mass is 10.3. The number of aromatic nitrogens is 1. The molecule has 3 aromatic rings. The van der Waals surface area contributed by atoms with Gasteiger partial charge in [0.25, 0.3) is 21.6 Å². The fourth-order valence-corrected chi connectivity index (χ4v) is 3.32. The largest absolute Gasteiger partial charge is 0.484 e. The highest BCUT2D eigenvalue weighted by molar-refractivity contribution is 7.92. The number of carbonyl (C=O) groups is 1. The summed E-state index contributed by atoms with van der Waals surface area (Å²) >= 11 is 0. The Hall–Kier alpha value is -3.93. The molecule has 0 radical (unpaired) electrons. The molecule has 0 atom stereocenters. The molecule has 0 unspecified atom stereocenters. The molecule has 0 saturated heterocycles. The Morgan fingerprint density at radius 1 is 1.17 bits per heavy atom. The number of hydrogen-bond donors (Lipinski definition) is 2. The first-order chi connectivity index (χ1) is 14.2. The van der Waals surface area contributed by atoms with Crippen LogP contribution in [0.4, 0.5) is 17.2 Å². The van der Waals surface area contributed by atoms with E-state index in [9.17, 15) is 23.3 Å². The van der Waals surface area contributed by atoms with E-state index in [0.29, 0.717) is 17.2 Å². The highest BCUT2D eigenvalue weighted by atomic mass is 32.2. The molecule has 11 nitrogen and oxygen atoms in total. The summed E-state index contributed by atoms with van der Waals surface area (Å²) in [5, 5.41) is 16.7. The normalized spacial score (nSPS) is 11.0. The Bertz CT molecular complexity index is 1160. The molecule has 1 heterocycles. The average Bonchev–Trinajstić information content (AvgIpc) is 3.11. The van der Waals surface area contributed by atoms with E-state index < -0.39 is 20.9 Å². The van der Waals surface area contributed by atoms with Crippen molar-refractivity contribution in [2.75, 3.05) is 16.6 Å². The zero-order valence-corrected chi connectivity index (χ0v) is 16.4. The van der Waals surface area contributed by atoms with Crippen LogP contribution in [-0.4, -0.2) is 31.0 Å². The summed E-state index contributed by atoms with van der Waals surface area (Å²) in [5.74, 6) is 0.335. The topological polar surface area (TPSA) is 154 Å². The average molecular weight is 432 g/mol. The first-order valence-electron chi connectivity index (χ1n) is 8.46. The molecule has 2 N–H and O–H groups in total. The number of anilines is 2. The summed E-state index contributed by atoms with van der Waals surface area (Å²) in [7, 11) is -3.86. The fraction of sp³-hybridized carbons (Fsp3) is 0.111. The quantitative estimate of drug-likeness (QED) is 0.407. The number of non-ortho nitro benzene ring substituents is 1. The molecule has 12 heteroatoms. The third kappa shape index (κ3) is 5.32. The second kappa shape index (κ2) is 8.61. The van der Waals surface area contributed by atoms with Gasteiger partial charge in [-0.05, 0) is 43.3 Å². The number of nitro groups is 1. The van der Waals surface area contributed by atoms with Crippen molar-refractivity contribution in [1.29, 1.82) is 0 Å². The number of carbonyl (C=O) groups excluding carboxylic acids is 1. The van der Waals surface area contributed by atoms with Crippen molar-refractivity contribution in [3.8, 4) is 5.75 Å². The van der Waals surface area contributed by atoms with E-state index in [1.807, 2.05) is 0 Å². The molecule has 0 saturated carbocycles. The molecule has 0 fully saturated rings. The van der Waals surface area contributed by atoms with E-state index in [2.05, 4.69) is 15.2 Å². The molecular formula is C18H16N4O7S. The van der Waals surface area contributed by atoms with E-state index in [4.69, 9.17) is 9.26 Å². The lowest BCUT2D eigenvalue weighted by molar-refractivity contribution is -0.384. The third-order valence-corrected chi connectivity index (χ3v) is 5.10. The highest BCUT2D eigenvalue weighted by Gasteiger charge is 2.16. The van der Waals surface area contributed by atoms with Crippen LogP contribution in [0.5, 0.6) is 5.75 Å². The molecule has 0 aliphatic carbocycles.